The van der Waals surface area contributed by atoms with Crippen LogP contribution in [-0.4, -0.2) is 39.9 Å². The first kappa shape index (κ1) is 18.0. The van der Waals surface area contributed by atoms with Gasteiger partial charge in [-0.3, -0.25) is 14.4 Å². The first-order valence-corrected chi connectivity index (χ1v) is 8.19. The molecule has 6 heteroatoms. The molecule has 2 N–H and O–H groups in total. The minimum Gasteiger partial charge on any atom is -0.480 e. The van der Waals surface area contributed by atoms with Crippen LogP contribution in [0.5, 0.6) is 0 Å². The van der Waals surface area contributed by atoms with Crippen LogP contribution >= 0.6 is 0 Å². The molecule has 0 aromatic heterocycles. The van der Waals surface area contributed by atoms with Crippen molar-refractivity contribution in [2.75, 3.05) is 0 Å². The second-order valence-corrected chi connectivity index (χ2v) is 6.68. The first-order valence-electron chi connectivity index (χ1n) is 8.19. The van der Waals surface area contributed by atoms with E-state index in [1.54, 1.807) is 4.90 Å². The van der Waals surface area contributed by atoms with Crippen LogP contribution in [-0.2, 0) is 27.3 Å². The van der Waals surface area contributed by atoms with Crippen LogP contribution in [0.1, 0.15) is 38.3 Å². The van der Waals surface area contributed by atoms with Crippen LogP contribution in [0.3, 0.4) is 0 Å². The quantitative estimate of drug-likeness (QED) is 0.857. The SMILES string of the molecule is CC(C)CC(=O)N1Cc2ccccc2CC1C(=O)N[C@@H](C)C(=O)O. The highest BCUT2D eigenvalue weighted by Gasteiger charge is 2.35. The molecule has 2 amide bonds. The van der Waals surface area contributed by atoms with Crippen molar-refractivity contribution in [1.29, 1.82) is 0 Å². The van der Waals surface area contributed by atoms with Gasteiger partial charge < -0.3 is 15.3 Å². The van der Waals surface area contributed by atoms with Gasteiger partial charge in [-0.15, -0.1) is 0 Å². The Morgan fingerprint density at radius 1 is 1.21 bits per heavy atom. The summed E-state index contributed by atoms with van der Waals surface area (Å²) >= 11 is 0. The van der Waals surface area contributed by atoms with E-state index in [9.17, 15) is 14.4 Å². The fraction of sp³-hybridized carbons (Fsp3) is 0.500. The van der Waals surface area contributed by atoms with Crippen molar-refractivity contribution >= 4 is 17.8 Å². The molecule has 1 unspecified atom stereocenters. The number of amides is 2. The molecule has 24 heavy (non-hydrogen) atoms. The summed E-state index contributed by atoms with van der Waals surface area (Å²) < 4.78 is 0. The second-order valence-electron chi connectivity index (χ2n) is 6.68. The van der Waals surface area contributed by atoms with Gasteiger partial charge in [0.15, 0.2) is 0 Å². The average molecular weight is 332 g/mol. The fourth-order valence-electron chi connectivity index (χ4n) is 2.86. The average Bonchev–Trinajstić information content (AvgIpc) is 2.52. The van der Waals surface area contributed by atoms with Crippen molar-refractivity contribution in [2.45, 2.75) is 52.2 Å². The molecule has 1 aliphatic rings. The number of aliphatic carboxylic acids is 1. The number of hydrogen-bond donors (Lipinski definition) is 2. The molecule has 1 heterocycles. The predicted octanol–water partition coefficient (Wildman–Crippen LogP) is 1.58. The third-order valence-electron chi connectivity index (χ3n) is 4.18. The van der Waals surface area contributed by atoms with Crippen LogP contribution in [0, 0.1) is 5.92 Å². The number of carboxylic acid groups (broad SMARTS) is 1. The molecular weight excluding hydrogens is 308 g/mol. The lowest BCUT2D eigenvalue weighted by molar-refractivity contribution is -0.145. The summed E-state index contributed by atoms with van der Waals surface area (Å²) in [6.07, 6.45) is 0.763. The first-order chi connectivity index (χ1) is 11.3. The van der Waals surface area contributed by atoms with Gasteiger partial charge in [0, 0.05) is 19.4 Å². The molecule has 0 saturated carbocycles. The van der Waals surface area contributed by atoms with Crippen molar-refractivity contribution in [3.05, 3.63) is 35.4 Å². The van der Waals surface area contributed by atoms with E-state index >= 15 is 0 Å². The number of fused-ring (bicyclic) bond motifs is 1. The summed E-state index contributed by atoms with van der Waals surface area (Å²) in [7, 11) is 0. The van der Waals surface area contributed by atoms with E-state index in [1.165, 1.54) is 6.92 Å². The lowest BCUT2D eigenvalue weighted by atomic mass is 9.92. The molecule has 2 rings (SSSR count). The summed E-state index contributed by atoms with van der Waals surface area (Å²) in [5.41, 5.74) is 2.05. The molecular formula is C18H24N2O4. The number of rotatable bonds is 5. The minimum atomic E-state index is -1.10. The summed E-state index contributed by atoms with van der Waals surface area (Å²) in [5, 5.41) is 11.5. The minimum absolute atomic E-state index is 0.0809. The topological polar surface area (TPSA) is 86.7 Å². The van der Waals surface area contributed by atoms with Crippen LogP contribution in [0.4, 0.5) is 0 Å². The largest absolute Gasteiger partial charge is 0.480 e. The maximum absolute atomic E-state index is 12.6. The van der Waals surface area contributed by atoms with Crippen LogP contribution in [0.15, 0.2) is 24.3 Å². The molecule has 1 aliphatic heterocycles. The highest BCUT2D eigenvalue weighted by molar-refractivity contribution is 5.91. The lowest BCUT2D eigenvalue weighted by Crippen LogP contribution is -2.55. The van der Waals surface area contributed by atoms with Gasteiger partial charge in [0.2, 0.25) is 11.8 Å². The van der Waals surface area contributed by atoms with Crippen molar-refractivity contribution in [2.24, 2.45) is 5.92 Å². The molecule has 6 nitrogen and oxygen atoms in total. The van der Waals surface area contributed by atoms with E-state index in [1.807, 2.05) is 38.1 Å². The van der Waals surface area contributed by atoms with E-state index in [4.69, 9.17) is 5.11 Å². The molecule has 1 aromatic rings. The fourth-order valence-corrected chi connectivity index (χ4v) is 2.86. The van der Waals surface area contributed by atoms with Gasteiger partial charge in [0.05, 0.1) is 0 Å². The molecule has 0 aliphatic carbocycles. The van der Waals surface area contributed by atoms with Crippen molar-refractivity contribution in [3.8, 4) is 0 Å². The van der Waals surface area contributed by atoms with E-state index in [2.05, 4.69) is 5.32 Å². The third kappa shape index (κ3) is 4.13. The Labute approximate surface area is 141 Å². The number of carbonyl (C=O) groups is 3. The summed E-state index contributed by atoms with van der Waals surface area (Å²) in [4.78, 5) is 37.7. The number of nitrogens with zero attached hydrogens (tertiary/aromatic N) is 1. The van der Waals surface area contributed by atoms with Crippen molar-refractivity contribution in [3.63, 3.8) is 0 Å². The number of nitrogens with one attached hydrogen (secondary N) is 1. The highest BCUT2D eigenvalue weighted by Crippen LogP contribution is 2.25. The smallest absolute Gasteiger partial charge is 0.325 e. The zero-order chi connectivity index (χ0) is 17.9. The lowest BCUT2D eigenvalue weighted by Gasteiger charge is -2.36. The number of carboxylic acids is 1. The summed E-state index contributed by atoms with van der Waals surface area (Å²) in [5.74, 6) is -1.41. The van der Waals surface area contributed by atoms with Crippen molar-refractivity contribution in [1.82, 2.24) is 10.2 Å². The molecule has 1 aromatic carbocycles. The van der Waals surface area contributed by atoms with E-state index in [0.717, 1.165) is 11.1 Å². The number of benzene rings is 1. The molecule has 0 saturated heterocycles. The Bertz CT molecular complexity index is 642. The van der Waals surface area contributed by atoms with Gasteiger partial charge in [-0.05, 0) is 24.0 Å². The maximum Gasteiger partial charge on any atom is 0.325 e. The van der Waals surface area contributed by atoms with Crippen LogP contribution in [0.2, 0.25) is 0 Å². The number of hydrogen-bond acceptors (Lipinski definition) is 3. The Balaban J connectivity index is 2.25. The highest BCUT2D eigenvalue weighted by atomic mass is 16.4. The van der Waals surface area contributed by atoms with Gasteiger partial charge >= 0.3 is 5.97 Å². The zero-order valence-electron chi connectivity index (χ0n) is 14.3. The van der Waals surface area contributed by atoms with Gasteiger partial charge in [0.1, 0.15) is 12.1 Å². The Morgan fingerprint density at radius 3 is 2.42 bits per heavy atom. The summed E-state index contributed by atoms with van der Waals surface area (Å²) in [6, 6.07) is 6.06. The molecule has 130 valence electrons. The molecule has 2 atom stereocenters. The Morgan fingerprint density at radius 2 is 1.83 bits per heavy atom. The van der Waals surface area contributed by atoms with Crippen LogP contribution < -0.4 is 5.32 Å². The van der Waals surface area contributed by atoms with Crippen molar-refractivity contribution < 1.29 is 19.5 Å². The second kappa shape index (κ2) is 7.47. The van der Waals surface area contributed by atoms with Crippen LogP contribution in [0.25, 0.3) is 0 Å². The van der Waals surface area contributed by atoms with E-state index in [-0.39, 0.29) is 11.8 Å². The standard InChI is InChI=1S/C18H24N2O4/c1-11(2)8-16(21)20-10-14-7-5-4-6-13(14)9-15(20)17(22)19-12(3)18(23)24/h4-7,11-12,15H,8-10H2,1-3H3,(H,19,22)(H,23,24)/t12-,15?/m0/s1. The Hall–Kier alpha value is -2.37. The third-order valence-corrected chi connectivity index (χ3v) is 4.18. The van der Waals surface area contributed by atoms with Gasteiger partial charge in [-0.25, -0.2) is 0 Å². The zero-order valence-corrected chi connectivity index (χ0v) is 14.3. The van der Waals surface area contributed by atoms with Gasteiger partial charge in [-0.1, -0.05) is 38.1 Å². The van der Waals surface area contributed by atoms with E-state index < -0.39 is 24.0 Å². The molecule has 0 bridgehead atoms. The monoisotopic (exact) mass is 332 g/mol. The predicted molar refractivity (Wildman–Crippen MR) is 89.2 cm³/mol. The van der Waals surface area contributed by atoms with E-state index in [0.29, 0.717) is 19.4 Å². The molecule has 0 radical (unpaired) electrons. The number of carbonyl (C=O) groups excluding carboxylic acids is 2. The maximum atomic E-state index is 12.6. The van der Waals surface area contributed by atoms with Gasteiger partial charge in [0.25, 0.3) is 0 Å². The van der Waals surface area contributed by atoms with Gasteiger partial charge in [-0.2, -0.15) is 0 Å². The molecule has 0 fully saturated rings. The molecule has 0 spiro atoms. The Kier molecular flexibility index (Phi) is 5.59. The summed E-state index contributed by atoms with van der Waals surface area (Å²) in [6.45, 7) is 5.70. The normalized spacial score (nSPS) is 18.0.